The molecule has 0 saturated heterocycles. The van der Waals surface area contributed by atoms with Gasteiger partial charge in [0.1, 0.15) is 0 Å². The van der Waals surface area contributed by atoms with Crippen LogP contribution in [0.25, 0.3) is 6.08 Å². The molecule has 0 aliphatic carbocycles. The van der Waals surface area contributed by atoms with Gasteiger partial charge in [-0.25, -0.2) is 5.43 Å². The molecule has 0 unspecified atom stereocenters. The summed E-state index contributed by atoms with van der Waals surface area (Å²) < 4.78 is 0. The van der Waals surface area contributed by atoms with Crippen molar-refractivity contribution in [2.75, 3.05) is 0 Å². The van der Waals surface area contributed by atoms with Crippen LogP contribution in [0.1, 0.15) is 15.9 Å². The van der Waals surface area contributed by atoms with Crippen LogP contribution in [-0.2, 0) is 0 Å². The minimum absolute atomic E-state index is 0.280. The van der Waals surface area contributed by atoms with Crippen molar-refractivity contribution in [3.05, 3.63) is 72.1 Å². The third-order valence-corrected chi connectivity index (χ3v) is 2.34. The van der Waals surface area contributed by atoms with E-state index in [1.54, 1.807) is 24.4 Å². The molecule has 1 heterocycles. The number of nitrogens with one attached hydrogen (secondary N) is 1. The molecule has 4 nitrogen and oxygen atoms in total. The van der Waals surface area contributed by atoms with Gasteiger partial charge in [0.2, 0.25) is 0 Å². The summed E-state index contributed by atoms with van der Waals surface area (Å²) in [4.78, 5) is 15.5. The van der Waals surface area contributed by atoms with E-state index in [9.17, 15) is 4.79 Å². The number of hydrogen-bond acceptors (Lipinski definition) is 3. The number of carbonyl (C=O) groups excluding carboxylic acids is 1. The Hall–Kier alpha value is -2.75. The summed E-state index contributed by atoms with van der Waals surface area (Å²) in [5.74, 6) is -0.280. The van der Waals surface area contributed by atoms with Gasteiger partial charge in [0.15, 0.2) is 0 Å². The summed E-state index contributed by atoms with van der Waals surface area (Å²) in [5, 5.41) is 3.82. The van der Waals surface area contributed by atoms with Crippen molar-refractivity contribution in [1.82, 2.24) is 10.4 Å². The molecule has 1 aromatic carbocycles. The number of aromatic nitrogens is 1. The van der Waals surface area contributed by atoms with Gasteiger partial charge in [-0.3, -0.25) is 9.78 Å². The number of pyridine rings is 1. The van der Waals surface area contributed by atoms with Gasteiger partial charge in [0.05, 0.1) is 5.56 Å². The van der Waals surface area contributed by atoms with Crippen molar-refractivity contribution in [3.8, 4) is 0 Å². The molecule has 0 radical (unpaired) electrons. The second kappa shape index (κ2) is 6.86. The Morgan fingerprint density at radius 3 is 2.74 bits per heavy atom. The lowest BCUT2D eigenvalue weighted by atomic mass is 10.2. The summed E-state index contributed by atoms with van der Waals surface area (Å²) in [5.41, 5.74) is 3.98. The highest BCUT2D eigenvalue weighted by Gasteiger charge is 2.01. The fourth-order valence-corrected chi connectivity index (χ4v) is 1.42. The van der Waals surface area contributed by atoms with Gasteiger partial charge in [-0.2, -0.15) is 5.10 Å². The van der Waals surface area contributed by atoms with Crippen LogP contribution in [0.15, 0.2) is 66.0 Å². The van der Waals surface area contributed by atoms with Crippen molar-refractivity contribution in [2.24, 2.45) is 5.10 Å². The van der Waals surface area contributed by atoms with E-state index in [1.165, 1.54) is 12.4 Å². The first-order valence-electron chi connectivity index (χ1n) is 5.81. The molecule has 1 amide bonds. The van der Waals surface area contributed by atoms with Crippen LogP contribution in [0.5, 0.6) is 0 Å². The largest absolute Gasteiger partial charge is 0.272 e. The van der Waals surface area contributed by atoms with Gasteiger partial charge >= 0.3 is 0 Å². The lowest BCUT2D eigenvalue weighted by Crippen LogP contribution is -2.17. The van der Waals surface area contributed by atoms with Crippen LogP contribution in [0.3, 0.4) is 0 Å². The molecule has 2 aromatic rings. The summed E-state index contributed by atoms with van der Waals surface area (Å²) in [6.45, 7) is 0. The van der Waals surface area contributed by atoms with E-state index in [0.717, 1.165) is 5.56 Å². The number of allylic oxidation sites excluding steroid dienone is 1. The normalized spacial score (nSPS) is 10.9. The van der Waals surface area contributed by atoms with E-state index in [4.69, 9.17) is 0 Å². The average molecular weight is 251 g/mol. The third kappa shape index (κ3) is 4.20. The number of hydrogen-bond donors (Lipinski definition) is 1. The molecule has 19 heavy (non-hydrogen) atoms. The van der Waals surface area contributed by atoms with E-state index < -0.39 is 0 Å². The predicted molar refractivity (Wildman–Crippen MR) is 75.7 cm³/mol. The van der Waals surface area contributed by atoms with Crippen LogP contribution in [-0.4, -0.2) is 17.1 Å². The lowest BCUT2D eigenvalue weighted by Gasteiger charge is -1.96. The summed E-state index contributed by atoms with van der Waals surface area (Å²) in [6, 6.07) is 13.2. The van der Waals surface area contributed by atoms with Gasteiger partial charge in [-0.15, -0.1) is 0 Å². The molecular weight excluding hydrogens is 238 g/mol. The van der Waals surface area contributed by atoms with Gasteiger partial charge < -0.3 is 0 Å². The molecule has 0 spiro atoms. The van der Waals surface area contributed by atoms with Crippen LogP contribution in [0, 0.1) is 0 Å². The van der Waals surface area contributed by atoms with Crippen molar-refractivity contribution in [1.29, 1.82) is 0 Å². The Morgan fingerprint density at radius 1 is 1.16 bits per heavy atom. The lowest BCUT2D eigenvalue weighted by molar-refractivity contribution is 0.0955. The summed E-state index contributed by atoms with van der Waals surface area (Å²) in [6.07, 6.45) is 8.30. The number of benzene rings is 1. The molecule has 94 valence electrons. The number of rotatable bonds is 4. The van der Waals surface area contributed by atoms with Crippen LogP contribution in [0.2, 0.25) is 0 Å². The molecule has 0 bridgehead atoms. The number of amides is 1. The number of carbonyl (C=O) groups is 1. The number of nitrogens with zero attached hydrogens (tertiary/aromatic N) is 2. The molecule has 0 saturated carbocycles. The smallest absolute Gasteiger partial charge is 0.267 e. The average Bonchev–Trinajstić information content (AvgIpc) is 2.49. The molecule has 4 heteroatoms. The van der Waals surface area contributed by atoms with E-state index in [2.05, 4.69) is 15.5 Å². The van der Waals surface area contributed by atoms with Crippen molar-refractivity contribution in [3.63, 3.8) is 0 Å². The zero-order valence-corrected chi connectivity index (χ0v) is 10.2. The Morgan fingerprint density at radius 2 is 2.00 bits per heavy atom. The Bertz CT molecular complexity index is 577. The summed E-state index contributed by atoms with van der Waals surface area (Å²) in [7, 11) is 0. The van der Waals surface area contributed by atoms with Gasteiger partial charge in [0, 0.05) is 18.6 Å². The monoisotopic (exact) mass is 251 g/mol. The molecule has 0 atom stereocenters. The van der Waals surface area contributed by atoms with Gasteiger partial charge in [0.25, 0.3) is 5.91 Å². The zero-order valence-electron chi connectivity index (χ0n) is 10.2. The molecular formula is C15H13N3O. The maximum atomic E-state index is 11.6. The molecule has 0 aliphatic rings. The fraction of sp³-hybridized carbons (Fsp3) is 0. The van der Waals surface area contributed by atoms with Crippen molar-refractivity contribution in [2.45, 2.75) is 0 Å². The minimum Gasteiger partial charge on any atom is -0.267 e. The quantitative estimate of drug-likeness (QED) is 0.670. The maximum absolute atomic E-state index is 11.6. The van der Waals surface area contributed by atoms with E-state index in [1.807, 2.05) is 36.4 Å². The summed E-state index contributed by atoms with van der Waals surface area (Å²) >= 11 is 0. The molecule has 1 N–H and O–H groups in total. The van der Waals surface area contributed by atoms with E-state index in [0.29, 0.717) is 5.56 Å². The standard InChI is InChI=1S/C15H13N3O/c19-15(14-9-5-10-16-12-14)18-17-11-4-8-13-6-2-1-3-7-13/h1-12H,(H,18,19)/b8-4+,17-11?. The second-order valence-corrected chi connectivity index (χ2v) is 3.73. The van der Waals surface area contributed by atoms with E-state index >= 15 is 0 Å². The van der Waals surface area contributed by atoms with Crippen molar-refractivity contribution < 1.29 is 4.79 Å². The Labute approximate surface area is 111 Å². The molecule has 2 rings (SSSR count). The first-order chi connectivity index (χ1) is 9.36. The van der Waals surface area contributed by atoms with Crippen LogP contribution < -0.4 is 5.43 Å². The topological polar surface area (TPSA) is 54.4 Å². The zero-order chi connectivity index (χ0) is 13.3. The van der Waals surface area contributed by atoms with Gasteiger partial charge in [-0.1, -0.05) is 36.4 Å². The first-order valence-corrected chi connectivity index (χ1v) is 5.81. The van der Waals surface area contributed by atoms with Crippen LogP contribution in [0.4, 0.5) is 0 Å². The molecule has 0 aliphatic heterocycles. The second-order valence-electron chi connectivity index (χ2n) is 3.73. The Balaban J connectivity index is 1.84. The Kier molecular flexibility index (Phi) is 4.58. The highest BCUT2D eigenvalue weighted by Crippen LogP contribution is 1.99. The highest BCUT2D eigenvalue weighted by atomic mass is 16.2. The van der Waals surface area contributed by atoms with Crippen LogP contribution >= 0.6 is 0 Å². The molecule has 0 fully saturated rings. The molecule has 1 aromatic heterocycles. The predicted octanol–water partition coefficient (Wildman–Crippen LogP) is 2.51. The highest BCUT2D eigenvalue weighted by molar-refractivity contribution is 5.94. The van der Waals surface area contributed by atoms with Crippen molar-refractivity contribution >= 4 is 18.2 Å². The van der Waals surface area contributed by atoms with Gasteiger partial charge in [-0.05, 0) is 23.8 Å². The minimum atomic E-state index is -0.280. The fourth-order valence-electron chi connectivity index (χ4n) is 1.42. The number of hydrazone groups is 1. The first kappa shape index (κ1) is 12.7. The van der Waals surface area contributed by atoms with E-state index in [-0.39, 0.29) is 5.91 Å². The SMILES string of the molecule is O=C(NN=C/C=C/c1ccccc1)c1cccnc1. The maximum Gasteiger partial charge on any atom is 0.272 e. The third-order valence-electron chi connectivity index (χ3n) is 2.34.